The SMILES string of the molecule is CCCCCCCC/C=C\CCCCCCCC(=O)O[C@@H](C)C(=O)OC1=CC[C@@]2(O)[C@@H](C)N(C)CC[C@@]23c2c(C)ccc(O)c2O[C@@H]13. The average Bonchev–Trinajstić information content (AvgIpc) is 3.42. The standard InChI is InChI=1S/C39H59NO7/c1-6-7-8-9-10-11-12-13-14-15-16-17-18-19-20-21-33(42)45-29(3)37(43)46-32-24-25-39(44)30(4)40(5)27-26-38(39)34-28(2)22-23-31(41)35(34)47-36(32)38/h13-14,22-24,29-30,36,41,44H,6-12,15-21,25-27H2,1-5H3/b14-13-/t29-,30+,36-,38-,39+/m0/s1. The van der Waals surface area contributed by atoms with E-state index in [1.807, 2.05) is 27.0 Å². The number of esters is 2. The molecule has 8 nitrogen and oxygen atoms in total. The van der Waals surface area contributed by atoms with Gasteiger partial charge in [-0.25, -0.2) is 4.79 Å². The largest absolute Gasteiger partial charge is 0.504 e. The van der Waals surface area contributed by atoms with E-state index in [0.717, 1.165) is 43.2 Å². The van der Waals surface area contributed by atoms with E-state index in [9.17, 15) is 19.8 Å². The Morgan fingerprint density at radius 1 is 1.04 bits per heavy atom. The number of likely N-dealkylation sites (tertiary alicyclic amines) is 1. The molecule has 3 aliphatic rings. The van der Waals surface area contributed by atoms with E-state index in [1.54, 1.807) is 12.1 Å². The number of hydrogen-bond donors (Lipinski definition) is 2. The Morgan fingerprint density at radius 3 is 2.36 bits per heavy atom. The van der Waals surface area contributed by atoms with Crippen LogP contribution in [0.15, 0.2) is 36.1 Å². The van der Waals surface area contributed by atoms with Gasteiger partial charge in [0.2, 0.25) is 0 Å². The van der Waals surface area contributed by atoms with E-state index in [4.69, 9.17) is 14.2 Å². The predicted octanol–water partition coefficient (Wildman–Crippen LogP) is 7.95. The average molecular weight is 654 g/mol. The predicted molar refractivity (Wildman–Crippen MR) is 184 cm³/mol. The van der Waals surface area contributed by atoms with Crippen LogP contribution in [0.3, 0.4) is 0 Å². The fraction of sp³-hybridized carbons (Fsp3) is 0.692. The first-order valence-electron chi connectivity index (χ1n) is 18.2. The molecule has 2 heterocycles. The highest BCUT2D eigenvalue weighted by atomic mass is 16.6. The molecule has 1 aliphatic carbocycles. The van der Waals surface area contributed by atoms with Gasteiger partial charge in [0.05, 0.1) is 11.0 Å². The van der Waals surface area contributed by atoms with E-state index >= 15 is 0 Å². The molecule has 2 N–H and O–H groups in total. The van der Waals surface area contributed by atoms with Crippen molar-refractivity contribution in [2.75, 3.05) is 13.6 Å². The van der Waals surface area contributed by atoms with E-state index in [2.05, 4.69) is 24.0 Å². The van der Waals surface area contributed by atoms with Crippen molar-refractivity contribution in [3.05, 3.63) is 47.2 Å². The van der Waals surface area contributed by atoms with Gasteiger partial charge in [0.15, 0.2) is 23.7 Å². The van der Waals surface area contributed by atoms with Gasteiger partial charge in [0, 0.05) is 24.4 Å². The van der Waals surface area contributed by atoms with Gasteiger partial charge in [-0.15, -0.1) is 0 Å². The highest BCUT2D eigenvalue weighted by molar-refractivity contribution is 5.80. The molecule has 1 saturated heterocycles. The Labute approximate surface area is 282 Å². The van der Waals surface area contributed by atoms with Crippen molar-refractivity contribution in [1.82, 2.24) is 4.90 Å². The van der Waals surface area contributed by atoms with Crippen LogP contribution < -0.4 is 4.74 Å². The second-order valence-electron chi connectivity index (χ2n) is 14.1. The normalized spacial score (nSPS) is 25.8. The number of piperidine rings is 1. The van der Waals surface area contributed by atoms with Crippen LogP contribution in [0.4, 0.5) is 0 Å². The second kappa shape index (κ2) is 17.0. The monoisotopic (exact) mass is 653 g/mol. The number of unbranched alkanes of at least 4 members (excludes halogenated alkanes) is 11. The first-order valence-corrected chi connectivity index (χ1v) is 18.2. The third-order valence-electron chi connectivity index (χ3n) is 10.8. The highest BCUT2D eigenvalue weighted by Gasteiger charge is 2.69. The number of aryl methyl sites for hydroxylation is 1. The van der Waals surface area contributed by atoms with Crippen LogP contribution >= 0.6 is 0 Å². The molecule has 1 aromatic rings. The summed E-state index contributed by atoms with van der Waals surface area (Å²) in [5.74, 6) is -0.493. The number of carbonyl (C=O) groups is 2. The molecule has 2 aliphatic heterocycles. The number of carbonyl (C=O) groups excluding carboxylic acids is 2. The third-order valence-corrected chi connectivity index (χ3v) is 10.8. The minimum Gasteiger partial charge on any atom is -0.504 e. The molecular weight excluding hydrogens is 594 g/mol. The summed E-state index contributed by atoms with van der Waals surface area (Å²) < 4.78 is 17.7. The zero-order valence-electron chi connectivity index (χ0n) is 29.5. The zero-order chi connectivity index (χ0) is 34.0. The lowest BCUT2D eigenvalue weighted by atomic mass is 9.54. The Morgan fingerprint density at radius 2 is 1.68 bits per heavy atom. The van der Waals surface area contributed by atoms with Gasteiger partial charge in [-0.3, -0.25) is 4.79 Å². The van der Waals surface area contributed by atoms with Crippen LogP contribution in [-0.4, -0.2) is 64.5 Å². The first-order chi connectivity index (χ1) is 22.6. The van der Waals surface area contributed by atoms with Crippen molar-refractivity contribution in [2.24, 2.45) is 0 Å². The number of hydrogen-bond acceptors (Lipinski definition) is 8. The van der Waals surface area contributed by atoms with Gasteiger partial charge in [-0.1, -0.05) is 76.5 Å². The molecule has 1 fully saturated rings. The molecular formula is C39H59NO7. The van der Waals surface area contributed by atoms with Crippen LogP contribution in [0.2, 0.25) is 0 Å². The molecule has 262 valence electrons. The lowest BCUT2D eigenvalue weighted by Crippen LogP contribution is -2.71. The molecule has 0 radical (unpaired) electrons. The summed E-state index contributed by atoms with van der Waals surface area (Å²) >= 11 is 0. The lowest BCUT2D eigenvalue weighted by molar-refractivity contribution is -0.171. The van der Waals surface area contributed by atoms with Crippen molar-refractivity contribution in [2.45, 2.75) is 160 Å². The first kappa shape index (κ1) is 37.0. The number of nitrogens with zero attached hydrogens (tertiary/aromatic N) is 1. The molecule has 0 amide bonds. The van der Waals surface area contributed by atoms with Crippen molar-refractivity contribution >= 4 is 11.9 Å². The maximum Gasteiger partial charge on any atom is 0.352 e. The van der Waals surface area contributed by atoms with Crippen molar-refractivity contribution in [1.29, 1.82) is 0 Å². The number of fused-ring (bicyclic) bond motifs is 1. The maximum atomic E-state index is 13.2. The summed E-state index contributed by atoms with van der Waals surface area (Å²) in [5.41, 5.74) is -0.454. The minimum absolute atomic E-state index is 0.00748. The summed E-state index contributed by atoms with van der Waals surface area (Å²) in [6.07, 6.45) is 20.9. The van der Waals surface area contributed by atoms with Crippen LogP contribution in [0.5, 0.6) is 11.5 Å². The number of phenols is 1. The fourth-order valence-corrected chi connectivity index (χ4v) is 7.85. The number of aromatic hydroxyl groups is 1. The Kier molecular flexibility index (Phi) is 13.4. The molecule has 0 saturated carbocycles. The van der Waals surface area contributed by atoms with Crippen molar-refractivity contribution in [3.8, 4) is 11.5 Å². The van der Waals surface area contributed by atoms with Crippen LogP contribution in [-0.2, 0) is 24.5 Å². The number of aliphatic hydroxyl groups is 1. The molecule has 8 heteroatoms. The van der Waals surface area contributed by atoms with Crippen LogP contribution in [0.25, 0.3) is 0 Å². The smallest absolute Gasteiger partial charge is 0.352 e. The minimum atomic E-state index is -1.22. The fourth-order valence-electron chi connectivity index (χ4n) is 7.85. The van der Waals surface area contributed by atoms with E-state index in [1.165, 1.54) is 58.3 Å². The molecule has 47 heavy (non-hydrogen) atoms. The summed E-state index contributed by atoms with van der Waals surface area (Å²) in [5, 5.41) is 23.1. The number of benzene rings is 1. The Balaban J connectivity index is 1.21. The Hall–Kier alpha value is -2.84. The van der Waals surface area contributed by atoms with Crippen molar-refractivity contribution < 1.29 is 34.0 Å². The van der Waals surface area contributed by atoms with Gasteiger partial charge in [0.25, 0.3) is 0 Å². The van der Waals surface area contributed by atoms with E-state index in [0.29, 0.717) is 18.7 Å². The summed E-state index contributed by atoms with van der Waals surface area (Å²) in [6, 6.07) is 3.21. The number of ether oxygens (including phenoxy) is 3. The topological polar surface area (TPSA) is 106 Å². The molecule has 4 rings (SSSR count). The summed E-state index contributed by atoms with van der Waals surface area (Å²) in [6.45, 7) is 8.41. The molecule has 1 spiro atoms. The zero-order valence-corrected chi connectivity index (χ0v) is 29.5. The lowest BCUT2D eigenvalue weighted by Gasteiger charge is -2.58. The van der Waals surface area contributed by atoms with E-state index < -0.39 is 35.2 Å². The summed E-state index contributed by atoms with van der Waals surface area (Å²) in [7, 11) is 1.99. The highest BCUT2D eigenvalue weighted by Crippen LogP contribution is 2.62. The van der Waals surface area contributed by atoms with Gasteiger partial charge < -0.3 is 29.3 Å². The van der Waals surface area contributed by atoms with Gasteiger partial charge in [0.1, 0.15) is 5.76 Å². The van der Waals surface area contributed by atoms with Crippen molar-refractivity contribution in [3.63, 3.8) is 0 Å². The maximum absolute atomic E-state index is 13.2. The molecule has 0 unspecified atom stereocenters. The molecule has 5 atom stereocenters. The molecule has 0 bridgehead atoms. The Bertz CT molecular complexity index is 1270. The van der Waals surface area contributed by atoms with E-state index in [-0.39, 0.29) is 30.4 Å². The third kappa shape index (κ3) is 8.25. The van der Waals surface area contributed by atoms with Crippen LogP contribution in [0, 0.1) is 6.92 Å². The molecule has 1 aromatic carbocycles. The number of allylic oxidation sites excluding steroid dienone is 2. The number of phenolic OH excluding ortho intramolecular Hbond substituents is 1. The number of rotatable bonds is 18. The van der Waals surface area contributed by atoms with Crippen LogP contribution in [0.1, 0.15) is 135 Å². The second-order valence-corrected chi connectivity index (χ2v) is 14.1. The summed E-state index contributed by atoms with van der Waals surface area (Å²) in [4.78, 5) is 27.9. The number of likely N-dealkylation sites (N-methyl/N-ethyl adjacent to an activating group) is 1. The molecule has 0 aromatic heterocycles. The quantitative estimate of drug-likeness (QED) is 0.0934. The van der Waals surface area contributed by atoms with Gasteiger partial charge >= 0.3 is 11.9 Å². The van der Waals surface area contributed by atoms with Gasteiger partial charge in [-0.2, -0.15) is 0 Å². The van der Waals surface area contributed by atoms with Gasteiger partial charge in [-0.05, 0) is 90.6 Å².